The highest BCUT2D eigenvalue weighted by Gasteiger charge is 2.47. The van der Waals surface area contributed by atoms with Gasteiger partial charge >= 0.3 is 0 Å². The molecule has 0 atom stereocenters. The van der Waals surface area contributed by atoms with Crippen molar-refractivity contribution in [3.63, 3.8) is 0 Å². The predicted molar refractivity (Wildman–Crippen MR) is 72.1 cm³/mol. The summed E-state index contributed by atoms with van der Waals surface area (Å²) in [5.74, 6) is 0. The molecule has 4 aliphatic rings. The lowest BCUT2D eigenvalue weighted by Gasteiger charge is -2.60. The van der Waals surface area contributed by atoms with E-state index in [0.29, 0.717) is 0 Å². The lowest BCUT2D eigenvalue weighted by molar-refractivity contribution is -0.980. The molecule has 4 heterocycles. The molecule has 0 aromatic rings. The average molecular weight is 384 g/mol. The van der Waals surface area contributed by atoms with Gasteiger partial charge in [0.1, 0.15) is 20.0 Å². The molecule has 4 nitrogen and oxygen atoms in total. The summed E-state index contributed by atoms with van der Waals surface area (Å²) >= 11 is 3.51. The zero-order valence-corrected chi connectivity index (χ0v) is 14.2. The van der Waals surface area contributed by atoms with E-state index in [2.05, 4.69) is 30.6 Å². The van der Waals surface area contributed by atoms with Crippen LogP contribution in [-0.2, 0) is 0 Å². The van der Waals surface area contributed by atoms with Gasteiger partial charge in [0, 0.05) is 5.33 Å². The highest BCUT2D eigenvalue weighted by atomic mass is 79.9. The van der Waals surface area contributed by atoms with E-state index in [1.54, 1.807) is 0 Å². The van der Waals surface area contributed by atoms with E-state index < -0.39 is 0 Å². The summed E-state index contributed by atoms with van der Waals surface area (Å²) in [5, 5.41) is 1.17. The zero-order valence-electron chi connectivity index (χ0n) is 11.0. The summed E-state index contributed by atoms with van der Waals surface area (Å²) in [6.07, 6.45) is 5.54. The molecule has 4 aliphatic heterocycles. The number of quaternary nitrogens is 1. The Morgan fingerprint density at radius 2 is 1.28 bits per heavy atom. The molecule has 4 bridgehead atoms. The standard InChI is InChI=1S/C12H24BrN4.BrH/c13-5-3-1-2-4-6-17-10-14-7-15(11-17)9-16(8-14)12-17;/h1-12H2;1H/q+1;/p-1. The Kier molecular flexibility index (Phi) is 5.49. The van der Waals surface area contributed by atoms with E-state index in [9.17, 15) is 0 Å². The Labute approximate surface area is 129 Å². The van der Waals surface area contributed by atoms with E-state index in [1.165, 1.54) is 82.1 Å². The van der Waals surface area contributed by atoms with Gasteiger partial charge in [-0.2, -0.15) is 0 Å². The van der Waals surface area contributed by atoms with Crippen LogP contribution in [-0.4, -0.2) is 71.1 Å². The summed E-state index contributed by atoms with van der Waals surface area (Å²) in [6.45, 7) is 8.90. The Balaban J connectivity index is 0.00000120. The molecule has 0 amide bonds. The molecule has 18 heavy (non-hydrogen) atoms. The molecule has 6 heteroatoms. The summed E-state index contributed by atoms with van der Waals surface area (Å²) in [5.41, 5.74) is 0. The second kappa shape index (κ2) is 6.50. The fourth-order valence-electron chi connectivity index (χ4n) is 3.77. The fraction of sp³-hybridized carbons (Fsp3) is 1.00. The number of alkyl halides is 1. The van der Waals surface area contributed by atoms with E-state index in [4.69, 9.17) is 0 Å². The van der Waals surface area contributed by atoms with Gasteiger partial charge in [-0.3, -0.25) is 4.48 Å². The van der Waals surface area contributed by atoms with Gasteiger partial charge in [-0.05, 0) is 19.3 Å². The maximum absolute atomic E-state index is 3.51. The Hall–Kier alpha value is 0.800. The Morgan fingerprint density at radius 1 is 0.778 bits per heavy atom. The van der Waals surface area contributed by atoms with Gasteiger partial charge in [-0.25, -0.2) is 14.7 Å². The van der Waals surface area contributed by atoms with E-state index in [-0.39, 0.29) is 17.0 Å². The second-order valence-electron chi connectivity index (χ2n) is 6.03. The first kappa shape index (κ1) is 15.2. The Morgan fingerprint density at radius 3 is 1.78 bits per heavy atom. The molecule has 106 valence electrons. The normalized spacial score (nSPS) is 40.8. The van der Waals surface area contributed by atoms with Crippen molar-refractivity contribution in [2.45, 2.75) is 25.7 Å². The molecule has 4 rings (SSSR count). The Bertz CT molecular complexity index is 240. The van der Waals surface area contributed by atoms with Gasteiger partial charge in [0.05, 0.1) is 26.6 Å². The molecule has 0 aromatic carbocycles. The van der Waals surface area contributed by atoms with Crippen molar-refractivity contribution in [1.29, 1.82) is 0 Å². The van der Waals surface area contributed by atoms with Gasteiger partial charge in [-0.15, -0.1) is 0 Å². The zero-order chi connectivity index (χ0) is 11.7. The van der Waals surface area contributed by atoms with Crippen molar-refractivity contribution in [2.24, 2.45) is 0 Å². The number of hydrogen-bond donors (Lipinski definition) is 0. The highest BCUT2D eigenvalue weighted by Crippen LogP contribution is 2.29. The molecular weight excluding hydrogens is 360 g/mol. The van der Waals surface area contributed by atoms with Gasteiger partial charge in [-0.1, -0.05) is 22.4 Å². The highest BCUT2D eigenvalue weighted by molar-refractivity contribution is 9.09. The van der Waals surface area contributed by atoms with Crippen LogP contribution in [0.2, 0.25) is 0 Å². The minimum absolute atomic E-state index is 0. The van der Waals surface area contributed by atoms with Crippen molar-refractivity contribution in [3.05, 3.63) is 0 Å². The van der Waals surface area contributed by atoms with Crippen molar-refractivity contribution in [1.82, 2.24) is 14.7 Å². The number of nitrogens with zero attached hydrogens (tertiary/aromatic N) is 4. The van der Waals surface area contributed by atoms with Crippen LogP contribution < -0.4 is 17.0 Å². The third-order valence-electron chi connectivity index (χ3n) is 4.22. The van der Waals surface area contributed by atoms with Gasteiger partial charge < -0.3 is 17.0 Å². The maximum atomic E-state index is 3.51. The molecule has 4 saturated heterocycles. The summed E-state index contributed by atoms with van der Waals surface area (Å²) in [4.78, 5) is 7.82. The van der Waals surface area contributed by atoms with Crippen molar-refractivity contribution in [2.75, 3.05) is 51.9 Å². The van der Waals surface area contributed by atoms with Crippen LogP contribution in [0.4, 0.5) is 0 Å². The second-order valence-corrected chi connectivity index (χ2v) is 6.82. The first-order valence-corrected chi connectivity index (χ1v) is 8.00. The quantitative estimate of drug-likeness (QED) is 0.312. The van der Waals surface area contributed by atoms with Crippen LogP contribution in [0.5, 0.6) is 0 Å². The number of halogens is 2. The average Bonchev–Trinajstić information content (AvgIpc) is 2.26. The van der Waals surface area contributed by atoms with Crippen molar-refractivity contribution >= 4 is 15.9 Å². The minimum Gasteiger partial charge on any atom is -1.00 e. The third kappa shape index (κ3) is 3.27. The molecule has 0 N–H and O–H groups in total. The summed E-state index contributed by atoms with van der Waals surface area (Å²) in [6, 6.07) is 0. The number of rotatable bonds is 6. The molecule has 0 spiro atoms. The SMILES string of the molecule is BrCCCCCC[N+]12CN3CN(CN(C3)C1)C2.[Br-]. The predicted octanol–water partition coefficient (Wildman–Crippen LogP) is -1.55. The van der Waals surface area contributed by atoms with Crippen LogP contribution in [0.25, 0.3) is 0 Å². The van der Waals surface area contributed by atoms with E-state index >= 15 is 0 Å². The number of hydrogen-bond acceptors (Lipinski definition) is 3. The van der Waals surface area contributed by atoms with E-state index in [1.807, 2.05) is 0 Å². The largest absolute Gasteiger partial charge is 1.00 e. The fourth-order valence-corrected chi connectivity index (χ4v) is 4.16. The molecule has 0 unspecified atom stereocenters. The van der Waals surface area contributed by atoms with Crippen molar-refractivity contribution in [3.8, 4) is 0 Å². The van der Waals surface area contributed by atoms with Gasteiger partial charge in [0.15, 0.2) is 0 Å². The molecule has 0 aromatic heterocycles. The first-order valence-electron chi connectivity index (χ1n) is 6.88. The van der Waals surface area contributed by atoms with Crippen LogP contribution in [0.3, 0.4) is 0 Å². The molecule has 4 fully saturated rings. The van der Waals surface area contributed by atoms with Crippen LogP contribution >= 0.6 is 15.9 Å². The topological polar surface area (TPSA) is 9.72 Å². The minimum atomic E-state index is 0. The molecular formula is C12H24Br2N4. The van der Waals surface area contributed by atoms with Crippen LogP contribution in [0.15, 0.2) is 0 Å². The van der Waals surface area contributed by atoms with Gasteiger partial charge in [0.2, 0.25) is 0 Å². The smallest absolute Gasteiger partial charge is 0.139 e. The summed E-state index contributed by atoms with van der Waals surface area (Å²) < 4.78 is 1.31. The van der Waals surface area contributed by atoms with Gasteiger partial charge in [0.25, 0.3) is 0 Å². The van der Waals surface area contributed by atoms with Crippen molar-refractivity contribution < 1.29 is 21.5 Å². The lowest BCUT2D eigenvalue weighted by Crippen LogP contribution is -3.00. The van der Waals surface area contributed by atoms with E-state index in [0.717, 1.165) is 0 Å². The first-order chi connectivity index (χ1) is 8.30. The monoisotopic (exact) mass is 382 g/mol. The maximum Gasteiger partial charge on any atom is 0.139 e. The third-order valence-corrected chi connectivity index (χ3v) is 4.78. The van der Waals surface area contributed by atoms with Crippen LogP contribution in [0, 0.1) is 0 Å². The summed E-state index contributed by atoms with van der Waals surface area (Å²) in [7, 11) is 0. The van der Waals surface area contributed by atoms with Crippen LogP contribution in [0.1, 0.15) is 25.7 Å². The molecule has 0 saturated carbocycles. The number of unbranched alkanes of at least 4 members (excludes halogenated alkanes) is 3. The molecule has 0 aliphatic carbocycles. The molecule has 0 radical (unpaired) electrons. The lowest BCUT2D eigenvalue weighted by atomic mass is 10.1.